The number of nitrogens with one attached hydrogen (secondary N) is 2. The first-order valence-electron chi connectivity index (χ1n) is 9.79. The third-order valence-corrected chi connectivity index (χ3v) is 4.40. The number of para-hydroxylation sites is 4. The fraction of sp³-hybridized carbons (Fsp3) is 0. The minimum Gasteiger partial charge on any atom is -0.545 e. The molecule has 7 heteroatoms. The molecule has 0 unspecified atom stereocenters. The zero-order chi connectivity index (χ0) is 22.8. The van der Waals surface area contributed by atoms with Gasteiger partial charge in [-0.25, -0.2) is 0 Å². The van der Waals surface area contributed by atoms with Crippen molar-refractivity contribution in [2.45, 2.75) is 0 Å². The van der Waals surface area contributed by atoms with E-state index in [0.29, 0.717) is 11.4 Å². The van der Waals surface area contributed by atoms with Gasteiger partial charge in [-0.1, -0.05) is 72.8 Å². The smallest absolute Gasteiger partial charge is 0.545 e. The molecule has 167 valence electrons. The van der Waals surface area contributed by atoms with Gasteiger partial charge in [-0.3, -0.25) is 0 Å². The number of carbonyl (C=O) groups is 2. The number of benzene rings is 4. The molecule has 0 aliphatic carbocycles. The van der Waals surface area contributed by atoms with Crippen LogP contribution in [-0.4, -0.2) is 11.9 Å². The van der Waals surface area contributed by atoms with Gasteiger partial charge in [-0.15, -0.1) is 0 Å². The monoisotopic (exact) mass is 483 g/mol. The largest absolute Gasteiger partial charge is 2.00 e. The molecule has 0 aromatic heterocycles. The topological polar surface area (TPSA) is 104 Å². The van der Waals surface area contributed by atoms with E-state index in [0.717, 1.165) is 11.4 Å². The molecule has 0 fully saturated rings. The first-order valence-corrected chi connectivity index (χ1v) is 9.79. The molecule has 1 radical (unpaired) electrons. The number of hydrogen-bond donors (Lipinski definition) is 2. The SMILES string of the molecule is O=C([O-])c1ccccc1Nc1ccccc1.O=C([O-])c1ccccc1Nc1ccccc1.[Co+2]. The Hall–Kier alpha value is -4.07. The number of anilines is 4. The zero-order valence-corrected chi connectivity index (χ0v) is 18.4. The van der Waals surface area contributed by atoms with E-state index in [1.165, 1.54) is 12.1 Å². The second-order valence-electron chi connectivity index (χ2n) is 6.65. The number of rotatable bonds is 6. The molecule has 4 aromatic rings. The first-order chi connectivity index (χ1) is 15.5. The molecule has 4 rings (SSSR count). The molecule has 2 N–H and O–H groups in total. The van der Waals surface area contributed by atoms with Crippen LogP contribution in [-0.2, 0) is 16.8 Å². The van der Waals surface area contributed by atoms with Gasteiger partial charge in [0.25, 0.3) is 0 Å². The number of carboxylic acids is 2. The van der Waals surface area contributed by atoms with Crippen molar-refractivity contribution < 1.29 is 36.6 Å². The Morgan fingerprint density at radius 3 is 1.12 bits per heavy atom. The van der Waals surface area contributed by atoms with Gasteiger partial charge in [0.1, 0.15) is 0 Å². The molecule has 0 amide bonds. The van der Waals surface area contributed by atoms with Gasteiger partial charge in [0, 0.05) is 33.9 Å². The van der Waals surface area contributed by atoms with Crippen molar-refractivity contribution in [1.82, 2.24) is 0 Å². The maximum atomic E-state index is 10.9. The third kappa shape index (κ3) is 7.53. The predicted octanol–water partition coefficient (Wildman–Crippen LogP) is 3.58. The van der Waals surface area contributed by atoms with Crippen LogP contribution in [0.25, 0.3) is 0 Å². The van der Waals surface area contributed by atoms with Gasteiger partial charge in [-0.05, 0) is 36.4 Å². The van der Waals surface area contributed by atoms with Crippen LogP contribution in [0, 0.1) is 0 Å². The maximum Gasteiger partial charge on any atom is 2.00 e. The second kappa shape index (κ2) is 12.7. The summed E-state index contributed by atoms with van der Waals surface area (Å²) in [5, 5.41) is 27.8. The number of hydrogen-bond acceptors (Lipinski definition) is 6. The van der Waals surface area contributed by atoms with Crippen molar-refractivity contribution in [1.29, 1.82) is 0 Å². The zero-order valence-electron chi connectivity index (χ0n) is 17.4. The summed E-state index contributed by atoms with van der Waals surface area (Å²) in [5.74, 6) is -2.36. The molecule has 0 saturated heterocycles. The molecule has 6 nitrogen and oxygen atoms in total. The minimum atomic E-state index is -1.18. The molecule has 0 heterocycles. The summed E-state index contributed by atoms with van der Waals surface area (Å²) >= 11 is 0. The van der Waals surface area contributed by atoms with Gasteiger partial charge >= 0.3 is 16.8 Å². The molecule has 0 bridgehead atoms. The normalized spacial score (nSPS) is 9.45. The van der Waals surface area contributed by atoms with Crippen LogP contribution >= 0.6 is 0 Å². The molecule has 4 aromatic carbocycles. The van der Waals surface area contributed by atoms with E-state index >= 15 is 0 Å². The van der Waals surface area contributed by atoms with Crippen molar-refractivity contribution in [3.05, 3.63) is 120 Å². The van der Waals surface area contributed by atoms with Crippen LogP contribution in [0.5, 0.6) is 0 Å². The minimum absolute atomic E-state index is 0. The molecule has 0 aliphatic rings. The average molecular weight is 483 g/mol. The van der Waals surface area contributed by atoms with Gasteiger partial charge in [0.05, 0.1) is 11.9 Å². The summed E-state index contributed by atoms with van der Waals surface area (Å²) < 4.78 is 0. The predicted molar refractivity (Wildman–Crippen MR) is 121 cm³/mol. The second-order valence-corrected chi connectivity index (χ2v) is 6.65. The number of carbonyl (C=O) groups excluding carboxylic acids is 2. The Labute approximate surface area is 202 Å². The van der Waals surface area contributed by atoms with E-state index in [1.54, 1.807) is 36.4 Å². The van der Waals surface area contributed by atoms with Crippen molar-refractivity contribution in [3.63, 3.8) is 0 Å². The van der Waals surface area contributed by atoms with E-state index in [1.807, 2.05) is 60.7 Å². The first kappa shape index (κ1) is 25.2. The van der Waals surface area contributed by atoms with Crippen LogP contribution in [0.3, 0.4) is 0 Å². The summed E-state index contributed by atoms with van der Waals surface area (Å²) in [7, 11) is 0. The van der Waals surface area contributed by atoms with Crippen molar-refractivity contribution in [2.75, 3.05) is 10.6 Å². The molecule has 33 heavy (non-hydrogen) atoms. The van der Waals surface area contributed by atoms with Crippen molar-refractivity contribution >= 4 is 34.7 Å². The van der Waals surface area contributed by atoms with Crippen LogP contribution < -0.4 is 20.8 Å². The van der Waals surface area contributed by atoms with Crippen LogP contribution in [0.1, 0.15) is 20.7 Å². The number of carboxylic acid groups (broad SMARTS) is 2. The Balaban J connectivity index is 0.000000227. The summed E-state index contributed by atoms with van der Waals surface area (Å²) in [6, 6.07) is 32.1. The number of aromatic carboxylic acids is 2. The molecular formula is C26H20CoN2O4. The summed E-state index contributed by atoms with van der Waals surface area (Å²) in [6.07, 6.45) is 0. The third-order valence-electron chi connectivity index (χ3n) is 4.40. The Kier molecular flexibility index (Phi) is 9.70. The van der Waals surface area contributed by atoms with Gasteiger partial charge < -0.3 is 30.4 Å². The molecular weight excluding hydrogens is 463 g/mol. The molecule has 0 spiro atoms. The van der Waals surface area contributed by atoms with E-state index in [9.17, 15) is 19.8 Å². The van der Waals surface area contributed by atoms with Gasteiger partial charge in [-0.2, -0.15) is 0 Å². The van der Waals surface area contributed by atoms with Gasteiger partial charge in [0.2, 0.25) is 0 Å². The van der Waals surface area contributed by atoms with E-state index < -0.39 is 11.9 Å². The van der Waals surface area contributed by atoms with E-state index in [-0.39, 0.29) is 27.9 Å². The van der Waals surface area contributed by atoms with Crippen LogP contribution in [0.4, 0.5) is 22.7 Å². The van der Waals surface area contributed by atoms with Gasteiger partial charge in [0.15, 0.2) is 0 Å². The quantitative estimate of drug-likeness (QED) is 0.435. The molecule has 0 atom stereocenters. The Morgan fingerprint density at radius 1 is 0.485 bits per heavy atom. The summed E-state index contributed by atoms with van der Waals surface area (Å²) in [4.78, 5) is 21.7. The average Bonchev–Trinajstić information content (AvgIpc) is 2.81. The van der Waals surface area contributed by atoms with E-state index in [2.05, 4.69) is 10.6 Å². The summed E-state index contributed by atoms with van der Waals surface area (Å²) in [6.45, 7) is 0. The van der Waals surface area contributed by atoms with E-state index in [4.69, 9.17) is 0 Å². The fourth-order valence-electron chi connectivity index (χ4n) is 2.89. The maximum absolute atomic E-state index is 10.9. The molecule has 0 aliphatic heterocycles. The standard InChI is InChI=1S/2C13H11NO2.Co/c2*15-13(16)11-8-4-5-9-12(11)14-10-6-2-1-3-7-10;/h2*1-9,14H,(H,15,16);/q;;+2/p-2. The van der Waals surface area contributed by atoms with Crippen molar-refractivity contribution in [3.8, 4) is 0 Å². The fourth-order valence-corrected chi connectivity index (χ4v) is 2.89. The molecule has 0 saturated carbocycles. The summed E-state index contributed by atoms with van der Waals surface area (Å²) in [5.41, 5.74) is 3.08. The van der Waals surface area contributed by atoms with Crippen LogP contribution in [0.2, 0.25) is 0 Å². The van der Waals surface area contributed by atoms with Crippen molar-refractivity contribution in [2.24, 2.45) is 0 Å². The Morgan fingerprint density at radius 2 is 0.788 bits per heavy atom. The Bertz CT molecular complexity index is 1090. The van der Waals surface area contributed by atoms with Crippen LogP contribution in [0.15, 0.2) is 109 Å².